The maximum atomic E-state index is 11.2. The van der Waals surface area contributed by atoms with Crippen LogP contribution in [0.1, 0.15) is 43.7 Å². The molecule has 2 rings (SSSR count). The Bertz CT molecular complexity index is 764. The average molecular weight is 472 g/mol. The number of ether oxygens (including phenoxy) is 2. The molecule has 0 saturated carbocycles. The maximum absolute atomic E-state index is 11.2. The number of carbonyl (C=O) groups is 1. The van der Waals surface area contributed by atoms with Crippen molar-refractivity contribution in [3.8, 4) is 17.2 Å². The molecule has 2 aromatic carbocycles. The maximum Gasteiger partial charge on any atom is 0.310 e. The van der Waals surface area contributed by atoms with Gasteiger partial charge in [-0.25, -0.2) is 0 Å². The molecule has 0 bridgehead atoms. The number of benzene rings is 2. The van der Waals surface area contributed by atoms with Crippen LogP contribution in [0.15, 0.2) is 39.3 Å². The van der Waals surface area contributed by atoms with Crippen molar-refractivity contribution in [1.82, 2.24) is 0 Å². The largest absolute Gasteiger partial charge is 0.496 e. The molecule has 0 radical (unpaired) electrons. The molecule has 0 amide bonds. The first kappa shape index (κ1) is 19.8. The van der Waals surface area contributed by atoms with Crippen molar-refractivity contribution < 1.29 is 19.4 Å². The number of methoxy groups -OCH3 is 1. The summed E-state index contributed by atoms with van der Waals surface area (Å²) < 4.78 is 12.8. The Balaban J connectivity index is 2.38. The Labute approximate surface area is 164 Å². The molecule has 2 aromatic rings. The van der Waals surface area contributed by atoms with Gasteiger partial charge in [0.1, 0.15) is 11.5 Å². The van der Waals surface area contributed by atoms with Crippen LogP contribution in [0.2, 0.25) is 0 Å². The van der Waals surface area contributed by atoms with E-state index in [9.17, 15) is 9.90 Å². The summed E-state index contributed by atoms with van der Waals surface area (Å²) in [4.78, 5) is 11.2. The van der Waals surface area contributed by atoms with Gasteiger partial charge >= 0.3 is 5.97 Å². The van der Waals surface area contributed by atoms with Crippen molar-refractivity contribution in [2.75, 3.05) is 7.11 Å². The summed E-state index contributed by atoms with van der Waals surface area (Å²) in [6.45, 7) is 5.83. The zero-order valence-corrected chi connectivity index (χ0v) is 17.6. The van der Waals surface area contributed by atoms with Gasteiger partial charge in [-0.05, 0) is 80.6 Å². The Morgan fingerprint density at radius 1 is 1.08 bits per heavy atom. The third-order valence-electron chi connectivity index (χ3n) is 3.93. The lowest BCUT2D eigenvalue weighted by atomic mass is 10.0. The lowest BCUT2D eigenvalue weighted by Gasteiger charge is -2.16. The summed E-state index contributed by atoms with van der Waals surface area (Å²) in [5.74, 6) is 0.931. The molecular formula is C19H20Br2O4. The quantitative estimate of drug-likeness (QED) is 0.535. The molecule has 0 aliphatic rings. The van der Waals surface area contributed by atoms with Crippen LogP contribution in [0, 0.1) is 0 Å². The summed E-state index contributed by atoms with van der Waals surface area (Å²) >= 11 is 6.95. The van der Waals surface area contributed by atoms with E-state index >= 15 is 0 Å². The van der Waals surface area contributed by atoms with Crippen LogP contribution in [-0.4, -0.2) is 18.2 Å². The van der Waals surface area contributed by atoms with Crippen molar-refractivity contribution in [2.45, 2.75) is 32.6 Å². The van der Waals surface area contributed by atoms with E-state index in [4.69, 9.17) is 9.47 Å². The smallest absolute Gasteiger partial charge is 0.310 e. The van der Waals surface area contributed by atoms with Crippen LogP contribution in [0.5, 0.6) is 17.2 Å². The second kappa shape index (κ2) is 8.23. The van der Waals surface area contributed by atoms with E-state index in [1.54, 1.807) is 26.2 Å². The van der Waals surface area contributed by atoms with E-state index in [0.717, 1.165) is 11.3 Å². The number of rotatable bonds is 6. The van der Waals surface area contributed by atoms with Crippen LogP contribution in [0.3, 0.4) is 0 Å². The van der Waals surface area contributed by atoms with Gasteiger partial charge in [-0.2, -0.15) is 0 Å². The standard InChI is InChI=1S/C19H20Br2O4/c1-10(2)14-9-13(5-6-17(14)24-4)25-18-15(20)7-12(8-16(18)21)11(3)19(22)23/h5-11H,1-4H3,(H,22,23). The number of hydrogen-bond donors (Lipinski definition) is 1. The van der Waals surface area contributed by atoms with E-state index in [2.05, 4.69) is 45.7 Å². The zero-order valence-electron chi connectivity index (χ0n) is 14.5. The van der Waals surface area contributed by atoms with Crippen molar-refractivity contribution in [1.29, 1.82) is 0 Å². The first-order valence-corrected chi connectivity index (χ1v) is 9.40. The SMILES string of the molecule is COc1ccc(Oc2c(Br)cc(C(C)C(=O)O)cc2Br)cc1C(C)C. The van der Waals surface area contributed by atoms with Crippen molar-refractivity contribution in [3.63, 3.8) is 0 Å². The molecule has 0 fully saturated rings. The minimum absolute atomic E-state index is 0.296. The predicted molar refractivity (Wildman–Crippen MR) is 105 cm³/mol. The van der Waals surface area contributed by atoms with E-state index in [1.807, 2.05) is 18.2 Å². The number of halogens is 2. The Hall–Kier alpha value is -1.53. The second-order valence-electron chi connectivity index (χ2n) is 6.03. The highest BCUT2D eigenvalue weighted by Gasteiger charge is 2.18. The average Bonchev–Trinajstić information content (AvgIpc) is 2.56. The minimum atomic E-state index is -0.871. The molecule has 6 heteroatoms. The number of aliphatic carboxylic acids is 1. The topological polar surface area (TPSA) is 55.8 Å². The molecule has 0 saturated heterocycles. The van der Waals surface area contributed by atoms with E-state index in [-0.39, 0.29) is 0 Å². The Morgan fingerprint density at radius 3 is 2.16 bits per heavy atom. The fraction of sp³-hybridized carbons (Fsp3) is 0.316. The van der Waals surface area contributed by atoms with Crippen molar-refractivity contribution >= 4 is 37.8 Å². The van der Waals surface area contributed by atoms with Gasteiger partial charge < -0.3 is 14.6 Å². The van der Waals surface area contributed by atoms with E-state index in [1.165, 1.54) is 0 Å². The van der Waals surface area contributed by atoms with Gasteiger partial charge in [0.05, 0.1) is 22.0 Å². The van der Waals surface area contributed by atoms with Gasteiger partial charge in [0.15, 0.2) is 5.75 Å². The van der Waals surface area contributed by atoms with Gasteiger partial charge in [0.2, 0.25) is 0 Å². The lowest BCUT2D eigenvalue weighted by molar-refractivity contribution is -0.138. The summed E-state index contributed by atoms with van der Waals surface area (Å²) in [5.41, 5.74) is 1.75. The summed E-state index contributed by atoms with van der Waals surface area (Å²) in [5, 5.41) is 9.18. The van der Waals surface area contributed by atoms with Crippen LogP contribution in [-0.2, 0) is 4.79 Å². The molecule has 0 aliphatic heterocycles. The highest BCUT2D eigenvalue weighted by molar-refractivity contribution is 9.11. The van der Waals surface area contributed by atoms with Crippen molar-refractivity contribution in [2.24, 2.45) is 0 Å². The minimum Gasteiger partial charge on any atom is -0.496 e. The molecule has 134 valence electrons. The fourth-order valence-electron chi connectivity index (χ4n) is 2.41. The molecule has 0 aliphatic carbocycles. The van der Waals surface area contributed by atoms with Gasteiger partial charge in [0.25, 0.3) is 0 Å². The van der Waals surface area contributed by atoms with E-state index < -0.39 is 11.9 Å². The number of hydrogen-bond acceptors (Lipinski definition) is 3. The molecule has 0 heterocycles. The molecule has 1 N–H and O–H groups in total. The predicted octanol–water partition coefficient (Wildman–Crippen LogP) is 6.32. The van der Waals surface area contributed by atoms with E-state index in [0.29, 0.717) is 31.9 Å². The Morgan fingerprint density at radius 2 is 1.68 bits per heavy atom. The molecule has 4 nitrogen and oxygen atoms in total. The van der Waals surface area contributed by atoms with Crippen molar-refractivity contribution in [3.05, 3.63) is 50.4 Å². The molecule has 1 unspecified atom stereocenters. The molecular weight excluding hydrogens is 452 g/mol. The fourth-order valence-corrected chi connectivity index (χ4v) is 3.80. The summed E-state index contributed by atoms with van der Waals surface area (Å²) in [6, 6.07) is 9.22. The molecule has 0 spiro atoms. The molecule has 0 aromatic heterocycles. The zero-order chi connectivity index (χ0) is 18.7. The van der Waals surface area contributed by atoms with Gasteiger partial charge in [-0.15, -0.1) is 0 Å². The lowest BCUT2D eigenvalue weighted by Crippen LogP contribution is -2.07. The Kier molecular flexibility index (Phi) is 6.52. The van der Waals surface area contributed by atoms with Gasteiger partial charge in [0, 0.05) is 5.56 Å². The molecule has 1 atom stereocenters. The highest BCUT2D eigenvalue weighted by Crippen LogP contribution is 2.40. The normalized spacial score (nSPS) is 12.1. The third-order valence-corrected chi connectivity index (χ3v) is 5.11. The van der Waals surface area contributed by atoms with Crippen LogP contribution in [0.25, 0.3) is 0 Å². The third kappa shape index (κ3) is 4.55. The monoisotopic (exact) mass is 470 g/mol. The van der Waals surface area contributed by atoms with Crippen LogP contribution >= 0.6 is 31.9 Å². The first-order chi connectivity index (χ1) is 11.7. The number of carboxylic acids is 1. The number of carboxylic acid groups (broad SMARTS) is 1. The summed E-state index contributed by atoms with van der Waals surface area (Å²) in [7, 11) is 1.65. The van der Waals surface area contributed by atoms with Gasteiger partial charge in [-0.3, -0.25) is 4.79 Å². The van der Waals surface area contributed by atoms with Gasteiger partial charge in [-0.1, -0.05) is 13.8 Å². The summed E-state index contributed by atoms with van der Waals surface area (Å²) in [6.07, 6.45) is 0. The second-order valence-corrected chi connectivity index (χ2v) is 7.74. The first-order valence-electron chi connectivity index (χ1n) is 7.82. The molecule has 25 heavy (non-hydrogen) atoms. The van der Waals surface area contributed by atoms with Crippen LogP contribution < -0.4 is 9.47 Å². The highest BCUT2D eigenvalue weighted by atomic mass is 79.9. The van der Waals surface area contributed by atoms with Crippen LogP contribution in [0.4, 0.5) is 0 Å².